The minimum Gasteiger partial charge on any atom is -0.388 e. The summed E-state index contributed by atoms with van der Waals surface area (Å²) in [5.41, 5.74) is 2.64. The molecule has 0 saturated carbocycles. The molecule has 0 spiro atoms. The van der Waals surface area contributed by atoms with E-state index in [1.165, 1.54) is 11.1 Å². The Labute approximate surface area is 101 Å². The predicted molar refractivity (Wildman–Crippen MR) is 65.5 cm³/mol. The standard InChI is InChI=1S/C13H17N3O/c1-10-5-3-4-6-11(10)7-8-12-14-15-13(9-17)16(12)2/h3-6,17H,7-9H2,1-2H3. The van der Waals surface area contributed by atoms with Crippen LogP contribution in [-0.2, 0) is 26.5 Å². The molecule has 0 atom stereocenters. The first-order chi connectivity index (χ1) is 8.22. The lowest BCUT2D eigenvalue weighted by Gasteiger charge is -2.05. The van der Waals surface area contributed by atoms with Crippen LogP contribution in [0.5, 0.6) is 0 Å². The molecule has 0 unspecified atom stereocenters. The van der Waals surface area contributed by atoms with Gasteiger partial charge in [-0.1, -0.05) is 24.3 Å². The molecule has 0 saturated heterocycles. The highest BCUT2D eigenvalue weighted by atomic mass is 16.3. The van der Waals surface area contributed by atoms with Crippen molar-refractivity contribution in [3.05, 3.63) is 47.0 Å². The highest BCUT2D eigenvalue weighted by molar-refractivity contribution is 5.26. The lowest BCUT2D eigenvalue weighted by Crippen LogP contribution is -2.04. The summed E-state index contributed by atoms with van der Waals surface area (Å²) in [7, 11) is 1.89. The average Bonchev–Trinajstić information content (AvgIpc) is 2.69. The zero-order valence-electron chi connectivity index (χ0n) is 10.2. The molecule has 4 nitrogen and oxygen atoms in total. The van der Waals surface area contributed by atoms with Crippen LogP contribution in [0.4, 0.5) is 0 Å². The van der Waals surface area contributed by atoms with Gasteiger partial charge in [0.05, 0.1) is 0 Å². The summed E-state index contributed by atoms with van der Waals surface area (Å²) in [6, 6.07) is 8.35. The molecule has 1 aromatic heterocycles. The number of aliphatic hydroxyl groups excluding tert-OH is 1. The Morgan fingerprint density at radius 3 is 2.47 bits per heavy atom. The molecule has 0 bridgehead atoms. The molecule has 90 valence electrons. The monoisotopic (exact) mass is 231 g/mol. The first-order valence-corrected chi connectivity index (χ1v) is 5.75. The summed E-state index contributed by atoms with van der Waals surface area (Å²) in [6.07, 6.45) is 1.79. The van der Waals surface area contributed by atoms with Gasteiger partial charge in [0, 0.05) is 13.5 Å². The van der Waals surface area contributed by atoms with Crippen LogP contribution in [0.15, 0.2) is 24.3 Å². The van der Waals surface area contributed by atoms with Gasteiger partial charge in [-0.05, 0) is 24.5 Å². The van der Waals surface area contributed by atoms with E-state index in [0.717, 1.165) is 18.7 Å². The van der Waals surface area contributed by atoms with Gasteiger partial charge in [-0.15, -0.1) is 10.2 Å². The lowest BCUT2D eigenvalue weighted by molar-refractivity contribution is 0.266. The molecule has 1 heterocycles. The number of nitrogens with zero attached hydrogens (tertiary/aromatic N) is 3. The number of rotatable bonds is 4. The van der Waals surface area contributed by atoms with Crippen LogP contribution in [0.25, 0.3) is 0 Å². The van der Waals surface area contributed by atoms with E-state index >= 15 is 0 Å². The topological polar surface area (TPSA) is 50.9 Å². The van der Waals surface area contributed by atoms with E-state index in [4.69, 9.17) is 5.11 Å². The largest absolute Gasteiger partial charge is 0.388 e. The van der Waals surface area contributed by atoms with Gasteiger partial charge < -0.3 is 9.67 Å². The smallest absolute Gasteiger partial charge is 0.158 e. The van der Waals surface area contributed by atoms with E-state index < -0.39 is 0 Å². The van der Waals surface area contributed by atoms with Crippen molar-refractivity contribution in [3.63, 3.8) is 0 Å². The van der Waals surface area contributed by atoms with Crippen molar-refractivity contribution in [1.82, 2.24) is 14.8 Å². The number of aryl methyl sites for hydroxylation is 3. The molecule has 2 rings (SSSR count). The van der Waals surface area contributed by atoms with Crippen molar-refractivity contribution in [2.45, 2.75) is 26.4 Å². The van der Waals surface area contributed by atoms with Gasteiger partial charge in [-0.3, -0.25) is 0 Å². The Balaban J connectivity index is 2.07. The Morgan fingerprint density at radius 2 is 1.82 bits per heavy atom. The Kier molecular flexibility index (Phi) is 3.54. The van der Waals surface area contributed by atoms with Gasteiger partial charge in [0.15, 0.2) is 5.82 Å². The number of benzene rings is 1. The third kappa shape index (κ3) is 2.53. The van der Waals surface area contributed by atoms with Gasteiger partial charge in [-0.25, -0.2) is 0 Å². The summed E-state index contributed by atoms with van der Waals surface area (Å²) in [4.78, 5) is 0. The Bertz CT molecular complexity index is 505. The first kappa shape index (κ1) is 11.8. The van der Waals surface area contributed by atoms with Crippen molar-refractivity contribution in [3.8, 4) is 0 Å². The maximum atomic E-state index is 9.04. The highest BCUT2D eigenvalue weighted by Crippen LogP contribution is 2.10. The lowest BCUT2D eigenvalue weighted by atomic mass is 10.0. The molecular formula is C13H17N3O. The maximum Gasteiger partial charge on any atom is 0.158 e. The highest BCUT2D eigenvalue weighted by Gasteiger charge is 2.07. The van der Waals surface area contributed by atoms with E-state index in [1.54, 1.807) is 0 Å². The molecule has 0 aliphatic heterocycles. The maximum absolute atomic E-state index is 9.04. The third-order valence-electron chi connectivity index (χ3n) is 3.08. The van der Waals surface area contributed by atoms with Crippen LogP contribution in [0.1, 0.15) is 22.8 Å². The molecule has 0 aliphatic rings. The molecular weight excluding hydrogens is 214 g/mol. The van der Waals surface area contributed by atoms with Crippen LogP contribution in [0.2, 0.25) is 0 Å². The van der Waals surface area contributed by atoms with E-state index in [2.05, 4.69) is 35.3 Å². The number of aromatic nitrogens is 3. The Morgan fingerprint density at radius 1 is 1.12 bits per heavy atom. The number of aliphatic hydroxyl groups is 1. The van der Waals surface area contributed by atoms with Crippen LogP contribution in [-0.4, -0.2) is 19.9 Å². The average molecular weight is 231 g/mol. The summed E-state index contributed by atoms with van der Waals surface area (Å²) >= 11 is 0. The fraction of sp³-hybridized carbons (Fsp3) is 0.385. The molecule has 0 amide bonds. The SMILES string of the molecule is Cc1ccccc1CCc1nnc(CO)n1C. The predicted octanol–water partition coefficient (Wildman–Crippen LogP) is 1.40. The number of hydrogen-bond acceptors (Lipinski definition) is 3. The van der Waals surface area contributed by atoms with Crippen LogP contribution in [0, 0.1) is 6.92 Å². The zero-order chi connectivity index (χ0) is 12.3. The van der Waals surface area contributed by atoms with Crippen molar-refractivity contribution in [1.29, 1.82) is 0 Å². The van der Waals surface area contributed by atoms with Crippen molar-refractivity contribution in [2.75, 3.05) is 0 Å². The second kappa shape index (κ2) is 5.10. The van der Waals surface area contributed by atoms with E-state index in [-0.39, 0.29) is 6.61 Å². The van der Waals surface area contributed by atoms with Gasteiger partial charge in [0.1, 0.15) is 12.4 Å². The van der Waals surface area contributed by atoms with Crippen molar-refractivity contribution in [2.24, 2.45) is 7.05 Å². The Hall–Kier alpha value is -1.68. The van der Waals surface area contributed by atoms with Crippen molar-refractivity contribution < 1.29 is 5.11 Å². The normalized spacial score (nSPS) is 10.8. The van der Waals surface area contributed by atoms with Gasteiger partial charge in [0.25, 0.3) is 0 Å². The zero-order valence-corrected chi connectivity index (χ0v) is 10.2. The van der Waals surface area contributed by atoms with Gasteiger partial charge >= 0.3 is 0 Å². The number of hydrogen-bond donors (Lipinski definition) is 1. The quantitative estimate of drug-likeness (QED) is 0.865. The molecule has 0 radical (unpaired) electrons. The van der Waals surface area contributed by atoms with Crippen LogP contribution < -0.4 is 0 Å². The third-order valence-corrected chi connectivity index (χ3v) is 3.08. The van der Waals surface area contributed by atoms with Gasteiger partial charge in [0.2, 0.25) is 0 Å². The second-order valence-corrected chi connectivity index (χ2v) is 4.18. The van der Waals surface area contributed by atoms with E-state index in [1.807, 2.05) is 17.7 Å². The van der Waals surface area contributed by atoms with Gasteiger partial charge in [-0.2, -0.15) is 0 Å². The fourth-order valence-electron chi connectivity index (χ4n) is 1.89. The summed E-state index contributed by atoms with van der Waals surface area (Å²) in [5, 5.41) is 17.1. The molecule has 0 aliphatic carbocycles. The van der Waals surface area contributed by atoms with E-state index in [0.29, 0.717) is 5.82 Å². The fourth-order valence-corrected chi connectivity index (χ4v) is 1.89. The molecule has 1 aromatic carbocycles. The van der Waals surface area contributed by atoms with Crippen molar-refractivity contribution >= 4 is 0 Å². The second-order valence-electron chi connectivity index (χ2n) is 4.18. The molecule has 17 heavy (non-hydrogen) atoms. The molecule has 2 aromatic rings. The minimum atomic E-state index is -0.0616. The van der Waals surface area contributed by atoms with Crippen LogP contribution >= 0.6 is 0 Å². The molecule has 0 fully saturated rings. The summed E-state index contributed by atoms with van der Waals surface area (Å²) in [6.45, 7) is 2.05. The van der Waals surface area contributed by atoms with E-state index in [9.17, 15) is 0 Å². The van der Waals surface area contributed by atoms with Crippen LogP contribution in [0.3, 0.4) is 0 Å². The summed E-state index contributed by atoms with van der Waals surface area (Å²) in [5.74, 6) is 1.53. The summed E-state index contributed by atoms with van der Waals surface area (Å²) < 4.78 is 1.86. The first-order valence-electron chi connectivity index (χ1n) is 5.75. The molecule has 1 N–H and O–H groups in total. The minimum absolute atomic E-state index is 0.0616. The molecule has 4 heteroatoms.